The third kappa shape index (κ3) is 2.83. The van der Waals surface area contributed by atoms with Gasteiger partial charge >= 0.3 is 5.97 Å². The molecule has 0 radical (unpaired) electrons. The van der Waals surface area contributed by atoms with Crippen molar-refractivity contribution in [2.24, 2.45) is 0 Å². The molecule has 0 aliphatic heterocycles. The standard InChI is InChI=1S/C11H13FO2/c12-8-4-7-10(11(13)14)9-5-2-1-3-6-9/h1-3,5-6,10H,4,7-8H2,(H,13,14). The number of hydrogen-bond acceptors (Lipinski definition) is 1. The topological polar surface area (TPSA) is 37.3 Å². The molecule has 0 aromatic heterocycles. The van der Waals surface area contributed by atoms with E-state index in [0.29, 0.717) is 12.8 Å². The van der Waals surface area contributed by atoms with Crippen LogP contribution in [0.25, 0.3) is 0 Å². The number of carbonyl (C=O) groups is 1. The normalized spacial score (nSPS) is 12.4. The summed E-state index contributed by atoms with van der Waals surface area (Å²) in [7, 11) is 0. The molecule has 1 unspecified atom stereocenters. The first-order valence-corrected chi connectivity index (χ1v) is 4.59. The molecule has 3 heteroatoms. The molecule has 76 valence electrons. The first kappa shape index (κ1) is 10.7. The second kappa shape index (κ2) is 5.37. The Morgan fingerprint density at radius 1 is 1.36 bits per heavy atom. The van der Waals surface area contributed by atoms with Gasteiger partial charge in [0.05, 0.1) is 12.6 Å². The van der Waals surface area contributed by atoms with E-state index >= 15 is 0 Å². The number of carboxylic acids is 1. The van der Waals surface area contributed by atoms with E-state index in [2.05, 4.69) is 0 Å². The largest absolute Gasteiger partial charge is 0.481 e. The van der Waals surface area contributed by atoms with Crippen molar-refractivity contribution in [2.45, 2.75) is 18.8 Å². The molecule has 0 spiro atoms. The fourth-order valence-corrected chi connectivity index (χ4v) is 1.40. The maximum atomic E-state index is 11.9. The van der Waals surface area contributed by atoms with Gasteiger partial charge < -0.3 is 5.11 Å². The van der Waals surface area contributed by atoms with Gasteiger partial charge in [-0.15, -0.1) is 0 Å². The summed E-state index contributed by atoms with van der Waals surface area (Å²) in [5, 5.41) is 8.93. The Morgan fingerprint density at radius 2 is 2.00 bits per heavy atom. The highest BCUT2D eigenvalue weighted by atomic mass is 19.1. The molecule has 1 N–H and O–H groups in total. The van der Waals surface area contributed by atoms with E-state index < -0.39 is 18.6 Å². The van der Waals surface area contributed by atoms with Crippen molar-refractivity contribution >= 4 is 5.97 Å². The lowest BCUT2D eigenvalue weighted by molar-refractivity contribution is -0.139. The van der Waals surface area contributed by atoms with Gasteiger partial charge in [0.2, 0.25) is 0 Å². The van der Waals surface area contributed by atoms with Crippen molar-refractivity contribution in [2.75, 3.05) is 6.67 Å². The second-order valence-corrected chi connectivity index (χ2v) is 3.13. The zero-order valence-electron chi connectivity index (χ0n) is 7.82. The number of benzene rings is 1. The quantitative estimate of drug-likeness (QED) is 0.785. The molecule has 1 aromatic rings. The van der Waals surface area contributed by atoms with Gasteiger partial charge in [0, 0.05) is 0 Å². The van der Waals surface area contributed by atoms with E-state index in [0.717, 1.165) is 5.56 Å². The van der Waals surface area contributed by atoms with Gasteiger partial charge in [-0.05, 0) is 18.4 Å². The van der Waals surface area contributed by atoms with Crippen LogP contribution < -0.4 is 0 Å². The van der Waals surface area contributed by atoms with Crippen LogP contribution in [0.5, 0.6) is 0 Å². The van der Waals surface area contributed by atoms with Crippen LogP contribution in [0.15, 0.2) is 30.3 Å². The molecule has 1 aromatic carbocycles. The van der Waals surface area contributed by atoms with Crippen LogP contribution in [0.1, 0.15) is 24.3 Å². The Kier molecular flexibility index (Phi) is 4.11. The van der Waals surface area contributed by atoms with Gasteiger partial charge in [0.25, 0.3) is 0 Å². The molecule has 0 amide bonds. The smallest absolute Gasteiger partial charge is 0.310 e. The maximum absolute atomic E-state index is 11.9. The minimum Gasteiger partial charge on any atom is -0.481 e. The summed E-state index contributed by atoms with van der Waals surface area (Å²) in [4.78, 5) is 10.9. The second-order valence-electron chi connectivity index (χ2n) is 3.13. The molecular formula is C11H13FO2. The molecule has 1 atom stereocenters. The molecule has 0 saturated heterocycles. The van der Waals surface area contributed by atoms with Crippen molar-refractivity contribution in [1.29, 1.82) is 0 Å². The Balaban J connectivity index is 2.73. The first-order valence-electron chi connectivity index (χ1n) is 4.59. The van der Waals surface area contributed by atoms with E-state index in [-0.39, 0.29) is 0 Å². The van der Waals surface area contributed by atoms with E-state index in [1.54, 1.807) is 24.3 Å². The van der Waals surface area contributed by atoms with Crippen LogP contribution in [-0.4, -0.2) is 17.8 Å². The number of alkyl halides is 1. The summed E-state index contributed by atoms with van der Waals surface area (Å²) < 4.78 is 11.9. The summed E-state index contributed by atoms with van der Waals surface area (Å²) in [6, 6.07) is 8.94. The van der Waals surface area contributed by atoms with Crippen LogP contribution in [0.3, 0.4) is 0 Å². The fourth-order valence-electron chi connectivity index (χ4n) is 1.40. The molecular weight excluding hydrogens is 183 g/mol. The summed E-state index contributed by atoms with van der Waals surface area (Å²) in [6.45, 7) is -0.462. The Bertz CT molecular complexity index is 285. The molecule has 0 heterocycles. The van der Waals surface area contributed by atoms with Gasteiger partial charge in [-0.3, -0.25) is 9.18 Å². The highest BCUT2D eigenvalue weighted by molar-refractivity contribution is 5.75. The molecule has 14 heavy (non-hydrogen) atoms. The van der Waals surface area contributed by atoms with Crippen LogP contribution in [0, 0.1) is 0 Å². The zero-order valence-corrected chi connectivity index (χ0v) is 7.82. The molecule has 0 saturated carbocycles. The minimum atomic E-state index is -0.885. The van der Waals surface area contributed by atoms with Crippen LogP contribution in [0.4, 0.5) is 4.39 Å². The molecule has 0 aliphatic rings. The number of halogens is 1. The van der Waals surface area contributed by atoms with Crippen LogP contribution in [0.2, 0.25) is 0 Å². The van der Waals surface area contributed by atoms with Crippen molar-refractivity contribution < 1.29 is 14.3 Å². The van der Waals surface area contributed by atoms with Crippen molar-refractivity contribution in [3.05, 3.63) is 35.9 Å². The lowest BCUT2D eigenvalue weighted by atomic mass is 9.95. The van der Waals surface area contributed by atoms with Crippen molar-refractivity contribution in [3.8, 4) is 0 Å². The zero-order chi connectivity index (χ0) is 10.4. The predicted molar refractivity (Wildman–Crippen MR) is 52.0 cm³/mol. The Labute approximate surface area is 82.4 Å². The van der Waals surface area contributed by atoms with Gasteiger partial charge in [0.1, 0.15) is 0 Å². The summed E-state index contributed by atoms with van der Waals surface area (Å²) in [5.41, 5.74) is 0.744. The Hall–Kier alpha value is -1.38. The summed E-state index contributed by atoms with van der Waals surface area (Å²) >= 11 is 0. The minimum absolute atomic E-state index is 0.297. The highest BCUT2D eigenvalue weighted by Gasteiger charge is 2.18. The number of carboxylic acid groups (broad SMARTS) is 1. The van der Waals surface area contributed by atoms with Gasteiger partial charge in [-0.2, -0.15) is 0 Å². The van der Waals surface area contributed by atoms with E-state index in [4.69, 9.17) is 5.11 Å². The van der Waals surface area contributed by atoms with Crippen LogP contribution in [-0.2, 0) is 4.79 Å². The van der Waals surface area contributed by atoms with Gasteiger partial charge in [-0.1, -0.05) is 30.3 Å². The molecule has 0 fully saturated rings. The third-order valence-electron chi connectivity index (χ3n) is 2.13. The number of rotatable bonds is 5. The molecule has 0 bridgehead atoms. The lowest BCUT2D eigenvalue weighted by Gasteiger charge is -2.10. The van der Waals surface area contributed by atoms with E-state index in [1.165, 1.54) is 0 Å². The highest BCUT2D eigenvalue weighted by Crippen LogP contribution is 2.21. The fraction of sp³-hybridized carbons (Fsp3) is 0.364. The van der Waals surface area contributed by atoms with Gasteiger partial charge in [0.15, 0.2) is 0 Å². The van der Waals surface area contributed by atoms with Crippen molar-refractivity contribution in [3.63, 3.8) is 0 Å². The number of hydrogen-bond donors (Lipinski definition) is 1. The SMILES string of the molecule is O=C(O)C(CCCF)c1ccccc1. The molecule has 0 aliphatic carbocycles. The number of aliphatic carboxylic acids is 1. The predicted octanol–water partition coefficient (Wildman–Crippen LogP) is 2.60. The average Bonchev–Trinajstić information content (AvgIpc) is 2.19. The van der Waals surface area contributed by atoms with E-state index in [1.807, 2.05) is 6.07 Å². The first-order chi connectivity index (χ1) is 6.75. The van der Waals surface area contributed by atoms with Crippen molar-refractivity contribution in [1.82, 2.24) is 0 Å². The monoisotopic (exact) mass is 196 g/mol. The van der Waals surface area contributed by atoms with Gasteiger partial charge in [-0.25, -0.2) is 0 Å². The maximum Gasteiger partial charge on any atom is 0.310 e. The summed E-state index contributed by atoms with van der Waals surface area (Å²) in [6.07, 6.45) is 0.654. The lowest BCUT2D eigenvalue weighted by Crippen LogP contribution is -2.11. The Morgan fingerprint density at radius 3 is 2.50 bits per heavy atom. The van der Waals surface area contributed by atoms with Crippen LogP contribution >= 0.6 is 0 Å². The average molecular weight is 196 g/mol. The molecule has 2 nitrogen and oxygen atoms in total. The van der Waals surface area contributed by atoms with E-state index in [9.17, 15) is 9.18 Å². The third-order valence-corrected chi connectivity index (χ3v) is 2.13. The summed E-state index contributed by atoms with van der Waals surface area (Å²) in [5.74, 6) is -1.46. The molecule has 1 rings (SSSR count).